The molecule has 4 nitrogen and oxygen atoms in total. The predicted octanol–water partition coefficient (Wildman–Crippen LogP) is 1.58. The van der Waals surface area contributed by atoms with Gasteiger partial charge < -0.3 is 14.8 Å². The fraction of sp³-hybridized carbons (Fsp3) is 0.583. The zero-order valence-electron chi connectivity index (χ0n) is 9.89. The number of nitrogens with zero attached hydrogens (tertiary/aromatic N) is 3. The molecule has 1 aromatic rings. The normalized spacial score (nSPS) is 21.9. The van der Waals surface area contributed by atoms with Gasteiger partial charge in [0.05, 0.1) is 0 Å². The van der Waals surface area contributed by atoms with E-state index in [9.17, 15) is 0 Å². The second-order valence-corrected chi connectivity index (χ2v) is 4.44. The summed E-state index contributed by atoms with van der Waals surface area (Å²) in [5.74, 6) is 0.959. The van der Waals surface area contributed by atoms with Crippen LogP contribution in [-0.4, -0.2) is 40.6 Å². The van der Waals surface area contributed by atoms with Gasteiger partial charge in [0.15, 0.2) is 0 Å². The number of likely N-dealkylation sites (tertiary alicyclic amines) is 1. The topological polar surface area (TPSA) is 33.1 Å². The van der Waals surface area contributed by atoms with Crippen molar-refractivity contribution in [3.63, 3.8) is 0 Å². The number of imidazole rings is 1. The number of nitrogens with one attached hydrogen (secondary N) is 1. The smallest absolute Gasteiger partial charge is 0.203 e. The number of allylic oxidation sites excluding steroid dienone is 1. The molecule has 1 aliphatic rings. The van der Waals surface area contributed by atoms with Crippen molar-refractivity contribution in [3.8, 4) is 0 Å². The van der Waals surface area contributed by atoms with Crippen LogP contribution in [0.25, 0.3) is 0 Å². The van der Waals surface area contributed by atoms with Gasteiger partial charge in [0.2, 0.25) is 5.95 Å². The van der Waals surface area contributed by atoms with Crippen LogP contribution in [0.3, 0.4) is 0 Å². The molecule has 88 valence electrons. The van der Waals surface area contributed by atoms with Crippen LogP contribution in [0.5, 0.6) is 0 Å². The fourth-order valence-electron chi connectivity index (χ4n) is 2.20. The lowest BCUT2D eigenvalue weighted by Gasteiger charge is -2.30. The van der Waals surface area contributed by atoms with Crippen molar-refractivity contribution in [1.29, 1.82) is 0 Å². The molecule has 0 spiro atoms. The average Bonchev–Trinajstić information content (AvgIpc) is 2.66. The predicted molar refractivity (Wildman–Crippen MR) is 66.6 cm³/mol. The van der Waals surface area contributed by atoms with Crippen LogP contribution < -0.4 is 5.32 Å². The van der Waals surface area contributed by atoms with E-state index in [1.165, 1.54) is 19.4 Å². The molecule has 1 unspecified atom stereocenters. The van der Waals surface area contributed by atoms with E-state index in [1.54, 1.807) is 0 Å². The molecular formula is C12H20N4. The molecule has 0 radical (unpaired) electrons. The van der Waals surface area contributed by atoms with Crippen LogP contribution in [0.15, 0.2) is 25.0 Å². The molecule has 0 amide bonds. The Morgan fingerprint density at radius 2 is 2.56 bits per heavy atom. The Bertz CT molecular complexity index is 345. The molecule has 0 saturated carbocycles. The molecule has 0 aromatic carbocycles. The molecule has 4 heteroatoms. The van der Waals surface area contributed by atoms with E-state index in [-0.39, 0.29) is 0 Å². The molecule has 0 aliphatic carbocycles. The van der Waals surface area contributed by atoms with Crippen LogP contribution in [0.1, 0.15) is 12.8 Å². The van der Waals surface area contributed by atoms with E-state index in [0.29, 0.717) is 6.04 Å². The highest BCUT2D eigenvalue weighted by molar-refractivity contribution is 5.28. The molecule has 1 aromatic heterocycles. The van der Waals surface area contributed by atoms with E-state index in [2.05, 4.69) is 33.4 Å². The summed E-state index contributed by atoms with van der Waals surface area (Å²) in [4.78, 5) is 6.70. The average molecular weight is 220 g/mol. The van der Waals surface area contributed by atoms with Crippen LogP contribution >= 0.6 is 0 Å². The van der Waals surface area contributed by atoms with Gasteiger partial charge in [-0.05, 0) is 26.4 Å². The first-order chi connectivity index (χ1) is 7.79. The van der Waals surface area contributed by atoms with E-state index in [1.807, 2.05) is 18.5 Å². The highest BCUT2D eigenvalue weighted by Crippen LogP contribution is 2.13. The molecular weight excluding hydrogens is 200 g/mol. The van der Waals surface area contributed by atoms with Crippen molar-refractivity contribution in [2.75, 3.05) is 25.5 Å². The molecule has 0 bridgehead atoms. The summed E-state index contributed by atoms with van der Waals surface area (Å²) in [7, 11) is 2.17. The molecule has 1 N–H and O–H groups in total. The van der Waals surface area contributed by atoms with Gasteiger partial charge in [-0.1, -0.05) is 6.08 Å². The summed E-state index contributed by atoms with van der Waals surface area (Å²) in [6.07, 6.45) is 8.19. The monoisotopic (exact) mass is 220 g/mol. The summed E-state index contributed by atoms with van der Waals surface area (Å²) in [5.41, 5.74) is 0. The number of anilines is 1. The lowest BCUT2D eigenvalue weighted by Crippen LogP contribution is -2.40. The summed E-state index contributed by atoms with van der Waals surface area (Å²) in [5, 5.41) is 3.51. The van der Waals surface area contributed by atoms with Gasteiger partial charge in [0.1, 0.15) is 0 Å². The Hall–Kier alpha value is -1.29. The van der Waals surface area contributed by atoms with Crippen molar-refractivity contribution >= 4 is 5.95 Å². The third-order valence-corrected chi connectivity index (χ3v) is 3.00. The maximum atomic E-state index is 4.34. The number of piperidine rings is 1. The largest absolute Gasteiger partial charge is 0.352 e. The second kappa shape index (κ2) is 5.16. The van der Waals surface area contributed by atoms with Crippen molar-refractivity contribution in [3.05, 3.63) is 25.0 Å². The van der Waals surface area contributed by atoms with Crippen molar-refractivity contribution in [2.24, 2.45) is 0 Å². The second-order valence-electron chi connectivity index (χ2n) is 4.44. The standard InChI is InChI=1S/C12H20N4/c1-3-7-16-9-6-13-12(16)14-11-5-4-8-15(2)10-11/h3,6,9,11H,1,4-5,7-8,10H2,2H3,(H,13,14). The van der Waals surface area contributed by atoms with Crippen LogP contribution in [-0.2, 0) is 6.54 Å². The lowest BCUT2D eigenvalue weighted by atomic mass is 10.1. The fourth-order valence-corrected chi connectivity index (χ4v) is 2.20. The summed E-state index contributed by atoms with van der Waals surface area (Å²) in [6, 6.07) is 0.518. The Morgan fingerprint density at radius 1 is 1.69 bits per heavy atom. The Morgan fingerprint density at radius 3 is 3.31 bits per heavy atom. The number of aromatic nitrogens is 2. The van der Waals surface area contributed by atoms with E-state index in [4.69, 9.17) is 0 Å². The maximum absolute atomic E-state index is 4.34. The van der Waals surface area contributed by atoms with Crippen molar-refractivity contribution in [1.82, 2.24) is 14.5 Å². The minimum absolute atomic E-state index is 0.518. The van der Waals surface area contributed by atoms with E-state index in [0.717, 1.165) is 19.0 Å². The number of likely N-dealkylation sites (N-methyl/N-ethyl adjacent to an activating group) is 1. The number of hydrogen-bond acceptors (Lipinski definition) is 3. The zero-order chi connectivity index (χ0) is 11.4. The van der Waals surface area contributed by atoms with Crippen LogP contribution in [0.2, 0.25) is 0 Å². The lowest BCUT2D eigenvalue weighted by molar-refractivity contribution is 0.260. The van der Waals surface area contributed by atoms with Gasteiger partial charge in [-0.3, -0.25) is 0 Å². The van der Waals surface area contributed by atoms with Gasteiger partial charge in [-0.25, -0.2) is 4.98 Å². The molecule has 2 rings (SSSR count). The Balaban J connectivity index is 1.96. The van der Waals surface area contributed by atoms with Crippen molar-refractivity contribution in [2.45, 2.75) is 25.4 Å². The van der Waals surface area contributed by atoms with E-state index >= 15 is 0 Å². The maximum Gasteiger partial charge on any atom is 0.203 e. The van der Waals surface area contributed by atoms with Gasteiger partial charge in [0, 0.05) is 31.5 Å². The quantitative estimate of drug-likeness (QED) is 0.782. The zero-order valence-corrected chi connectivity index (χ0v) is 9.89. The third-order valence-electron chi connectivity index (χ3n) is 3.00. The Labute approximate surface area is 97.0 Å². The molecule has 1 saturated heterocycles. The summed E-state index contributed by atoms with van der Waals surface area (Å²) < 4.78 is 2.08. The third kappa shape index (κ3) is 2.64. The molecule has 2 heterocycles. The molecule has 16 heavy (non-hydrogen) atoms. The SMILES string of the molecule is C=CCn1ccnc1NC1CCCN(C)C1. The van der Waals surface area contributed by atoms with Crippen LogP contribution in [0.4, 0.5) is 5.95 Å². The van der Waals surface area contributed by atoms with Crippen LogP contribution in [0, 0.1) is 0 Å². The first-order valence-electron chi connectivity index (χ1n) is 5.86. The van der Waals surface area contributed by atoms with Crippen molar-refractivity contribution < 1.29 is 0 Å². The highest BCUT2D eigenvalue weighted by Gasteiger charge is 2.17. The summed E-state index contributed by atoms with van der Waals surface area (Å²) in [6.45, 7) is 6.87. The van der Waals surface area contributed by atoms with E-state index < -0.39 is 0 Å². The minimum atomic E-state index is 0.518. The first-order valence-corrected chi connectivity index (χ1v) is 5.86. The number of hydrogen-bond donors (Lipinski definition) is 1. The molecule has 1 aliphatic heterocycles. The summed E-state index contributed by atoms with van der Waals surface area (Å²) >= 11 is 0. The minimum Gasteiger partial charge on any atom is -0.352 e. The first kappa shape index (κ1) is 11.2. The molecule has 1 atom stereocenters. The van der Waals surface area contributed by atoms with Gasteiger partial charge >= 0.3 is 0 Å². The van der Waals surface area contributed by atoms with Gasteiger partial charge in [0.25, 0.3) is 0 Å². The highest BCUT2D eigenvalue weighted by atomic mass is 15.2. The Kier molecular flexibility index (Phi) is 3.62. The number of rotatable bonds is 4. The molecule has 1 fully saturated rings. The van der Waals surface area contributed by atoms with Gasteiger partial charge in [-0.2, -0.15) is 0 Å². The van der Waals surface area contributed by atoms with Gasteiger partial charge in [-0.15, -0.1) is 6.58 Å².